The van der Waals surface area contributed by atoms with Gasteiger partial charge in [-0.05, 0) is 30.5 Å². The summed E-state index contributed by atoms with van der Waals surface area (Å²) < 4.78 is 10.3. The number of ether oxygens (including phenoxy) is 2. The van der Waals surface area contributed by atoms with Crippen LogP contribution in [0.15, 0.2) is 24.3 Å². The summed E-state index contributed by atoms with van der Waals surface area (Å²) in [5.41, 5.74) is 3.98. The Morgan fingerprint density at radius 2 is 2.17 bits per heavy atom. The van der Waals surface area contributed by atoms with Crippen LogP contribution in [0.5, 0.6) is 0 Å². The molecular formula is C13H21ClN2O2. The number of hydrogen-bond donors (Lipinski definition) is 2. The van der Waals surface area contributed by atoms with E-state index in [1.807, 2.05) is 24.3 Å². The first-order valence-corrected chi connectivity index (χ1v) is 6.41. The highest BCUT2D eigenvalue weighted by Gasteiger charge is 2.08. The summed E-state index contributed by atoms with van der Waals surface area (Å²) in [5.74, 6) is 5.54. The Balaban J connectivity index is 2.28. The van der Waals surface area contributed by atoms with Crippen molar-refractivity contribution in [2.45, 2.75) is 18.9 Å². The van der Waals surface area contributed by atoms with Crippen molar-refractivity contribution in [2.24, 2.45) is 5.84 Å². The van der Waals surface area contributed by atoms with E-state index in [1.165, 1.54) is 5.56 Å². The van der Waals surface area contributed by atoms with Gasteiger partial charge in [0.15, 0.2) is 0 Å². The second-order valence-electron chi connectivity index (χ2n) is 4.09. The fourth-order valence-electron chi connectivity index (χ4n) is 1.66. The normalized spacial score (nSPS) is 12.6. The van der Waals surface area contributed by atoms with Gasteiger partial charge in [0.2, 0.25) is 0 Å². The number of methoxy groups -OCH3 is 1. The highest BCUT2D eigenvalue weighted by atomic mass is 35.5. The van der Waals surface area contributed by atoms with Crippen LogP contribution in [-0.4, -0.2) is 33.0 Å². The molecule has 1 atom stereocenters. The molecule has 0 fully saturated rings. The first-order chi connectivity index (χ1) is 8.76. The average Bonchev–Trinajstić information content (AvgIpc) is 2.37. The predicted octanol–water partition coefficient (Wildman–Crippen LogP) is 1.77. The van der Waals surface area contributed by atoms with E-state index in [2.05, 4.69) is 5.43 Å². The fraction of sp³-hybridized carbons (Fsp3) is 0.538. The summed E-state index contributed by atoms with van der Waals surface area (Å²) in [4.78, 5) is 0. The van der Waals surface area contributed by atoms with E-state index in [4.69, 9.17) is 26.9 Å². The zero-order valence-corrected chi connectivity index (χ0v) is 11.5. The Bertz CT molecular complexity index is 337. The molecule has 0 spiro atoms. The lowest BCUT2D eigenvalue weighted by Crippen LogP contribution is -2.37. The number of benzene rings is 1. The van der Waals surface area contributed by atoms with Gasteiger partial charge in [0.25, 0.3) is 0 Å². The smallest absolute Gasteiger partial charge is 0.0700 e. The zero-order chi connectivity index (χ0) is 13.2. The number of hydrogen-bond acceptors (Lipinski definition) is 4. The number of nitrogens with two attached hydrogens (primary N) is 1. The molecule has 0 amide bonds. The molecule has 4 nitrogen and oxygen atoms in total. The molecule has 0 saturated carbocycles. The lowest BCUT2D eigenvalue weighted by molar-refractivity contribution is 0.0658. The van der Waals surface area contributed by atoms with Crippen molar-refractivity contribution in [3.63, 3.8) is 0 Å². The van der Waals surface area contributed by atoms with Crippen LogP contribution in [0, 0.1) is 0 Å². The number of hydrazine groups is 1. The van der Waals surface area contributed by atoms with E-state index in [9.17, 15) is 0 Å². The molecule has 3 N–H and O–H groups in total. The van der Waals surface area contributed by atoms with Crippen molar-refractivity contribution in [3.8, 4) is 0 Å². The quantitative estimate of drug-likeness (QED) is 0.409. The first-order valence-electron chi connectivity index (χ1n) is 6.03. The maximum absolute atomic E-state index is 5.94. The van der Waals surface area contributed by atoms with Gasteiger partial charge in [-0.1, -0.05) is 23.7 Å². The first kappa shape index (κ1) is 15.4. The highest BCUT2D eigenvalue weighted by Crippen LogP contribution is 2.13. The monoisotopic (exact) mass is 272 g/mol. The van der Waals surface area contributed by atoms with Gasteiger partial charge >= 0.3 is 0 Å². The van der Waals surface area contributed by atoms with E-state index >= 15 is 0 Å². The molecule has 5 heteroatoms. The molecule has 0 radical (unpaired) electrons. The summed E-state index contributed by atoms with van der Waals surface area (Å²) >= 11 is 5.94. The van der Waals surface area contributed by atoms with Gasteiger partial charge < -0.3 is 9.47 Å². The van der Waals surface area contributed by atoms with Crippen LogP contribution < -0.4 is 11.3 Å². The summed E-state index contributed by atoms with van der Waals surface area (Å²) in [7, 11) is 1.66. The molecule has 0 bridgehead atoms. The van der Waals surface area contributed by atoms with Crippen LogP contribution in [-0.2, 0) is 15.9 Å². The van der Waals surface area contributed by atoms with E-state index in [0.717, 1.165) is 17.9 Å². The second-order valence-corrected chi connectivity index (χ2v) is 4.53. The van der Waals surface area contributed by atoms with Gasteiger partial charge in [0.05, 0.1) is 13.2 Å². The minimum atomic E-state index is 0.186. The Kier molecular flexibility index (Phi) is 7.96. The van der Waals surface area contributed by atoms with E-state index in [1.54, 1.807) is 7.11 Å². The number of rotatable bonds is 9. The summed E-state index contributed by atoms with van der Waals surface area (Å²) in [6, 6.07) is 8.00. The number of nitrogens with one attached hydrogen (secondary N) is 1. The zero-order valence-electron chi connectivity index (χ0n) is 10.7. The standard InChI is InChI=1S/C13H21ClN2O2/c1-17-7-8-18-6-5-13(16-15)10-11-3-2-4-12(14)9-11/h2-4,9,13,16H,5-8,10,15H2,1H3. The van der Waals surface area contributed by atoms with Gasteiger partial charge in [0.1, 0.15) is 0 Å². The molecular weight excluding hydrogens is 252 g/mol. The van der Waals surface area contributed by atoms with Crippen LogP contribution in [0.3, 0.4) is 0 Å². The third kappa shape index (κ3) is 6.33. The van der Waals surface area contributed by atoms with Gasteiger partial charge in [-0.2, -0.15) is 0 Å². The maximum atomic E-state index is 5.94. The molecule has 102 valence electrons. The van der Waals surface area contributed by atoms with Gasteiger partial charge in [-0.3, -0.25) is 11.3 Å². The van der Waals surface area contributed by atoms with Crippen LogP contribution in [0.1, 0.15) is 12.0 Å². The molecule has 0 aliphatic rings. The predicted molar refractivity (Wildman–Crippen MR) is 73.6 cm³/mol. The van der Waals surface area contributed by atoms with Crippen LogP contribution in [0.25, 0.3) is 0 Å². The molecule has 0 saturated heterocycles. The Morgan fingerprint density at radius 3 is 2.83 bits per heavy atom. The molecule has 1 rings (SSSR count). The third-order valence-corrected chi connectivity index (χ3v) is 2.88. The average molecular weight is 273 g/mol. The maximum Gasteiger partial charge on any atom is 0.0700 e. The van der Waals surface area contributed by atoms with Crippen molar-refractivity contribution in [1.82, 2.24) is 5.43 Å². The molecule has 1 unspecified atom stereocenters. The minimum Gasteiger partial charge on any atom is -0.382 e. The summed E-state index contributed by atoms with van der Waals surface area (Å²) in [6.07, 6.45) is 1.69. The van der Waals surface area contributed by atoms with E-state index < -0.39 is 0 Å². The van der Waals surface area contributed by atoms with Crippen molar-refractivity contribution in [1.29, 1.82) is 0 Å². The van der Waals surface area contributed by atoms with E-state index in [-0.39, 0.29) is 6.04 Å². The molecule has 1 aromatic rings. The molecule has 0 aliphatic heterocycles. The van der Waals surface area contributed by atoms with Gasteiger partial charge in [-0.25, -0.2) is 0 Å². The highest BCUT2D eigenvalue weighted by molar-refractivity contribution is 6.30. The van der Waals surface area contributed by atoms with Crippen molar-refractivity contribution < 1.29 is 9.47 Å². The lowest BCUT2D eigenvalue weighted by atomic mass is 10.0. The van der Waals surface area contributed by atoms with Gasteiger partial charge in [-0.15, -0.1) is 0 Å². The van der Waals surface area contributed by atoms with Crippen LogP contribution in [0.2, 0.25) is 5.02 Å². The van der Waals surface area contributed by atoms with Gasteiger partial charge in [0, 0.05) is 24.8 Å². The van der Waals surface area contributed by atoms with Crippen molar-refractivity contribution in [2.75, 3.05) is 26.9 Å². The van der Waals surface area contributed by atoms with Crippen molar-refractivity contribution in [3.05, 3.63) is 34.9 Å². The molecule has 0 aliphatic carbocycles. The Morgan fingerprint density at radius 1 is 1.33 bits per heavy atom. The molecule has 0 heterocycles. The molecule has 18 heavy (non-hydrogen) atoms. The third-order valence-electron chi connectivity index (χ3n) is 2.65. The Labute approximate surface area is 113 Å². The second kappa shape index (κ2) is 9.30. The Hall–Kier alpha value is -0.650. The number of halogens is 1. The topological polar surface area (TPSA) is 56.5 Å². The minimum absolute atomic E-state index is 0.186. The summed E-state index contributed by atoms with van der Waals surface area (Å²) in [6.45, 7) is 1.90. The largest absolute Gasteiger partial charge is 0.382 e. The summed E-state index contributed by atoms with van der Waals surface area (Å²) in [5, 5.41) is 0.750. The molecule has 1 aromatic carbocycles. The van der Waals surface area contributed by atoms with Crippen molar-refractivity contribution >= 4 is 11.6 Å². The van der Waals surface area contributed by atoms with Crippen LogP contribution >= 0.6 is 11.6 Å². The molecule has 0 aromatic heterocycles. The van der Waals surface area contributed by atoms with E-state index in [0.29, 0.717) is 19.8 Å². The fourth-order valence-corrected chi connectivity index (χ4v) is 1.88. The lowest BCUT2D eigenvalue weighted by Gasteiger charge is -2.16. The van der Waals surface area contributed by atoms with Crippen LogP contribution in [0.4, 0.5) is 0 Å². The SMILES string of the molecule is COCCOCCC(Cc1cccc(Cl)c1)NN.